The van der Waals surface area contributed by atoms with Gasteiger partial charge in [-0.05, 0) is 59.4 Å². The molecule has 1 aromatic carbocycles. The van der Waals surface area contributed by atoms with Gasteiger partial charge in [-0.3, -0.25) is 4.79 Å². The minimum absolute atomic E-state index is 0.0101. The molecule has 2 aromatic heterocycles. The molecule has 1 aliphatic rings. The highest BCUT2D eigenvalue weighted by molar-refractivity contribution is 5.95. The number of benzene rings is 1. The Morgan fingerprint density at radius 2 is 2.12 bits per heavy atom. The lowest BCUT2D eigenvalue weighted by molar-refractivity contribution is 0.0882. The minimum Gasteiger partial charge on any atom is -0.424 e. The topological polar surface area (TPSA) is 107 Å². The van der Waals surface area contributed by atoms with E-state index in [4.69, 9.17) is 9.15 Å². The van der Waals surface area contributed by atoms with Crippen LogP contribution in [0.2, 0.25) is 0 Å². The van der Waals surface area contributed by atoms with E-state index in [1.807, 2.05) is 6.07 Å². The first-order valence-electron chi connectivity index (χ1n) is 8.37. The number of ether oxygens (including phenoxy) is 1. The quantitative estimate of drug-likeness (QED) is 0.765. The van der Waals surface area contributed by atoms with E-state index in [0.717, 1.165) is 18.4 Å². The zero-order valence-corrected chi connectivity index (χ0v) is 14.2. The average Bonchev–Trinajstić information content (AvgIpc) is 3.30. The van der Waals surface area contributed by atoms with E-state index in [0.29, 0.717) is 29.0 Å². The summed E-state index contributed by atoms with van der Waals surface area (Å²) < 4.78 is 15.5. The number of hydrogen-bond donors (Lipinski definition) is 1. The van der Waals surface area contributed by atoms with E-state index in [2.05, 4.69) is 20.3 Å². The number of hydrogen-bond acceptors (Lipinski definition) is 7. The number of carbonyl (C=O) groups is 1. The van der Waals surface area contributed by atoms with Crippen LogP contribution >= 0.6 is 0 Å². The molecule has 1 amide bonds. The van der Waals surface area contributed by atoms with Gasteiger partial charge in [-0.25, -0.2) is 9.42 Å². The van der Waals surface area contributed by atoms with Crippen molar-refractivity contribution in [3.8, 4) is 0 Å². The maximum absolute atomic E-state index is 12.5. The van der Waals surface area contributed by atoms with E-state index in [1.54, 1.807) is 25.1 Å². The molecule has 1 atom stereocenters. The Morgan fingerprint density at radius 3 is 2.88 bits per heavy atom. The van der Waals surface area contributed by atoms with Crippen molar-refractivity contribution in [1.82, 2.24) is 15.6 Å². The molecule has 0 radical (unpaired) electrons. The molecule has 1 N–H and O–H groups in total. The molecule has 1 fully saturated rings. The van der Waals surface area contributed by atoms with Crippen molar-refractivity contribution in [3.63, 3.8) is 0 Å². The molecule has 3 aromatic rings. The predicted octanol–water partition coefficient (Wildman–Crippen LogP) is 2.27. The number of rotatable bonds is 4. The molecule has 1 unspecified atom stereocenters. The molecule has 134 valence electrons. The summed E-state index contributed by atoms with van der Waals surface area (Å²) in [7, 11) is 0. The van der Waals surface area contributed by atoms with Crippen LogP contribution in [0.1, 0.15) is 46.2 Å². The molecule has 8 heteroatoms. The van der Waals surface area contributed by atoms with Crippen LogP contribution in [0.3, 0.4) is 0 Å². The maximum atomic E-state index is 12.5. The van der Waals surface area contributed by atoms with Crippen molar-refractivity contribution in [2.24, 2.45) is 0 Å². The van der Waals surface area contributed by atoms with Gasteiger partial charge in [0.15, 0.2) is 0 Å². The molecule has 4 rings (SSSR count). The number of nitrogens with zero attached hydrogens (tertiary/aromatic N) is 2. The molecule has 0 saturated carbocycles. The van der Waals surface area contributed by atoms with Crippen LogP contribution in [0.5, 0.6) is 0 Å². The average molecular weight is 355 g/mol. The lowest BCUT2D eigenvalue weighted by Gasteiger charge is -2.11. The van der Waals surface area contributed by atoms with Crippen molar-refractivity contribution in [3.05, 3.63) is 57.1 Å². The number of fused-ring (bicyclic) bond motifs is 1. The van der Waals surface area contributed by atoms with Crippen molar-refractivity contribution in [1.29, 1.82) is 0 Å². The van der Waals surface area contributed by atoms with Gasteiger partial charge in [0, 0.05) is 13.2 Å². The fourth-order valence-electron chi connectivity index (χ4n) is 3.07. The summed E-state index contributed by atoms with van der Waals surface area (Å²) in [5.74, 6) is -0.000881. The highest BCUT2D eigenvalue weighted by atomic mass is 16.6. The molecule has 0 bridgehead atoms. The third kappa shape index (κ3) is 3.11. The molecule has 1 aliphatic heterocycles. The van der Waals surface area contributed by atoms with Crippen molar-refractivity contribution >= 4 is 16.9 Å². The van der Waals surface area contributed by atoms with Gasteiger partial charge in [-0.1, -0.05) is 6.07 Å². The Kier molecular flexibility index (Phi) is 4.26. The monoisotopic (exact) mass is 355 g/mol. The fourth-order valence-corrected chi connectivity index (χ4v) is 3.07. The van der Waals surface area contributed by atoms with Crippen LogP contribution in [0.15, 0.2) is 38.1 Å². The van der Waals surface area contributed by atoms with Crippen LogP contribution in [-0.4, -0.2) is 22.8 Å². The first kappa shape index (κ1) is 16.5. The Labute approximate surface area is 148 Å². The van der Waals surface area contributed by atoms with Crippen LogP contribution in [0, 0.1) is 6.92 Å². The largest absolute Gasteiger partial charge is 0.424 e. The van der Waals surface area contributed by atoms with E-state index < -0.39 is 11.5 Å². The van der Waals surface area contributed by atoms with Gasteiger partial charge in [0.1, 0.15) is 28.5 Å². The molecule has 8 nitrogen and oxygen atoms in total. The second kappa shape index (κ2) is 6.72. The van der Waals surface area contributed by atoms with Gasteiger partial charge >= 0.3 is 5.63 Å². The van der Waals surface area contributed by atoms with Crippen LogP contribution in [0.4, 0.5) is 0 Å². The second-order valence-corrected chi connectivity index (χ2v) is 6.27. The first-order chi connectivity index (χ1) is 12.6. The maximum Gasteiger partial charge on any atom is 0.349 e. The molecule has 1 saturated heterocycles. The van der Waals surface area contributed by atoms with E-state index >= 15 is 0 Å². The standard InChI is InChI=1S/C18H17N3O5/c1-10-7-15(14-3-2-6-24-14)25-18(23)16(10)17(22)19-9-11-4-5-12-13(8-11)21-26-20-12/h4-5,7-8,14H,2-3,6,9H2,1H3,(H,19,22). The summed E-state index contributed by atoms with van der Waals surface area (Å²) in [6, 6.07) is 7.04. The summed E-state index contributed by atoms with van der Waals surface area (Å²) in [6.45, 7) is 2.62. The smallest absolute Gasteiger partial charge is 0.349 e. The molecule has 3 heterocycles. The third-order valence-electron chi connectivity index (χ3n) is 4.41. The number of aryl methyl sites for hydroxylation is 1. The summed E-state index contributed by atoms with van der Waals surface area (Å²) in [5.41, 5.74) is 2.00. The lowest BCUT2D eigenvalue weighted by atomic mass is 10.1. The molecular formula is C18H17N3O5. The fraction of sp³-hybridized carbons (Fsp3) is 0.333. The van der Waals surface area contributed by atoms with Crippen molar-refractivity contribution in [2.45, 2.75) is 32.4 Å². The van der Waals surface area contributed by atoms with Crippen LogP contribution in [-0.2, 0) is 11.3 Å². The van der Waals surface area contributed by atoms with Gasteiger partial charge in [0.05, 0.1) is 0 Å². The normalized spacial score (nSPS) is 16.9. The van der Waals surface area contributed by atoms with Gasteiger partial charge in [-0.2, -0.15) is 0 Å². The van der Waals surface area contributed by atoms with E-state index in [1.165, 1.54) is 0 Å². The Bertz CT molecular complexity index is 1020. The third-order valence-corrected chi connectivity index (χ3v) is 4.41. The molecule has 0 spiro atoms. The number of aromatic nitrogens is 2. The van der Waals surface area contributed by atoms with Gasteiger partial charge < -0.3 is 14.5 Å². The highest BCUT2D eigenvalue weighted by Crippen LogP contribution is 2.28. The second-order valence-electron chi connectivity index (χ2n) is 6.27. The van der Waals surface area contributed by atoms with Gasteiger partial charge in [0.2, 0.25) is 0 Å². The number of amides is 1. The first-order valence-corrected chi connectivity index (χ1v) is 8.37. The summed E-state index contributed by atoms with van der Waals surface area (Å²) in [4.78, 5) is 24.8. The number of carbonyl (C=O) groups excluding carboxylic acids is 1. The Hall–Kier alpha value is -3.00. The summed E-state index contributed by atoms with van der Waals surface area (Å²) >= 11 is 0. The number of nitrogens with one attached hydrogen (secondary N) is 1. The highest BCUT2D eigenvalue weighted by Gasteiger charge is 2.24. The van der Waals surface area contributed by atoms with Gasteiger partial charge in [0.25, 0.3) is 5.91 Å². The summed E-state index contributed by atoms with van der Waals surface area (Å²) in [5, 5.41) is 10.2. The lowest BCUT2D eigenvalue weighted by Crippen LogP contribution is -2.29. The molecule has 26 heavy (non-hydrogen) atoms. The Morgan fingerprint density at radius 1 is 1.27 bits per heavy atom. The zero-order chi connectivity index (χ0) is 18.1. The van der Waals surface area contributed by atoms with Crippen LogP contribution in [0.25, 0.3) is 11.0 Å². The van der Waals surface area contributed by atoms with Gasteiger partial charge in [-0.15, -0.1) is 0 Å². The molecule has 0 aliphatic carbocycles. The van der Waals surface area contributed by atoms with E-state index in [-0.39, 0.29) is 18.2 Å². The van der Waals surface area contributed by atoms with Crippen molar-refractivity contribution in [2.75, 3.05) is 6.61 Å². The van der Waals surface area contributed by atoms with Crippen molar-refractivity contribution < 1.29 is 18.6 Å². The SMILES string of the molecule is Cc1cc(C2CCCO2)oc(=O)c1C(=O)NCc1ccc2nonc2c1. The summed E-state index contributed by atoms with van der Waals surface area (Å²) in [6.07, 6.45) is 1.54. The minimum atomic E-state index is -0.649. The Balaban J connectivity index is 1.51. The zero-order valence-electron chi connectivity index (χ0n) is 14.2. The predicted molar refractivity (Wildman–Crippen MR) is 90.6 cm³/mol. The van der Waals surface area contributed by atoms with Crippen LogP contribution < -0.4 is 10.9 Å². The molecular weight excluding hydrogens is 338 g/mol. The van der Waals surface area contributed by atoms with E-state index in [9.17, 15) is 9.59 Å².